The number of alkyl halides is 3. The van der Waals surface area contributed by atoms with Crippen molar-refractivity contribution >= 4 is 18.0 Å². The lowest BCUT2D eigenvalue weighted by atomic mass is 10.1. The molecule has 0 aromatic heterocycles. The second-order valence-corrected chi connectivity index (χ2v) is 4.02. The summed E-state index contributed by atoms with van der Waals surface area (Å²) in [6.45, 7) is 1.70. The van der Waals surface area contributed by atoms with Crippen LogP contribution in [0.5, 0.6) is 0 Å². The summed E-state index contributed by atoms with van der Waals surface area (Å²) in [6.07, 6.45) is -2.29. The normalized spacial score (nSPS) is 11.4. The summed E-state index contributed by atoms with van der Waals surface area (Å²) < 4.78 is 42.1. The van der Waals surface area contributed by atoms with Crippen LogP contribution in [0.25, 0.3) is 6.08 Å². The summed E-state index contributed by atoms with van der Waals surface area (Å²) in [5.74, 6) is -1.25. The highest BCUT2D eigenvalue weighted by Gasteiger charge is 2.30. The number of hydrogen-bond acceptors (Lipinski definition) is 3. The van der Waals surface area contributed by atoms with Crippen LogP contribution in [-0.2, 0) is 20.5 Å². The summed E-state index contributed by atoms with van der Waals surface area (Å²) in [7, 11) is 0. The Kier molecular flexibility index (Phi) is 5.95. The average Bonchev–Trinajstić information content (AvgIpc) is 2.42. The van der Waals surface area contributed by atoms with Gasteiger partial charge in [-0.15, -0.1) is 0 Å². The Labute approximate surface area is 119 Å². The number of halogens is 3. The molecule has 0 saturated heterocycles. The predicted molar refractivity (Wildman–Crippen MR) is 70.1 cm³/mol. The SMILES string of the molecule is CCNC(=O)COC(=O)/C=C/c1cccc(C(F)(F)F)c1. The van der Waals surface area contributed by atoms with Gasteiger partial charge in [-0.2, -0.15) is 13.2 Å². The Morgan fingerprint density at radius 3 is 2.67 bits per heavy atom. The van der Waals surface area contributed by atoms with Crippen molar-refractivity contribution in [2.45, 2.75) is 13.1 Å². The Morgan fingerprint density at radius 1 is 1.33 bits per heavy atom. The van der Waals surface area contributed by atoms with E-state index in [2.05, 4.69) is 10.1 Å². The topological polar surface area (TPSA) is 55.4 Å². The molecule has 1 aromatic carbocycles. The monoisotopic (exact) mass is 301 g/mol. The van der Waals surface area contributed by atoms with Gasteiger partial charge in [-0.05, 0) is 30.7 Å². The quantitative estimate of drug-likeness (QED) is 0.671. The number of nitrogens with one attached hydrogen (secondary N) is 1. The minimum Gasteiger partial charge on any atom is -0.452 e. The van der Waals surface area contributed by atoms with Crippen molar-refractivity contribution in [3.63, 3.8) is 0 Å². The fraction of sp³-hybridized carbons (Fsp3) is 0.286. The van der Waals surface area contributed by atoms with Crippen LogP contribution in [0.2, 0.25) is 0 Å². The van der Waals surface area contributed by atoms with Gasteiger partial charge in [-0.3, -0.25) is 4.79 Å². The number of carbonyl (C=O) groups is 2. The van der Waals surface area contributed by atoms with Gasteiger partial charge >= 0.3 is 12.1 Å². The van der Waals surface area contributed by atoms with Crippen molar-refractivity contribution in [3.05, 3.63) is 41.5 Å². The first-order chi connectivity index (χ1) is 9.82. The van der Waals surface area contributed by atoms with Crippen LogP contribution < -0.4 is 5.32 Å². The zero-order valence-electron chi connectivity index (χ0n) is 11.2. The molecule has 0 bridgehead atoms. The second kappa shape index (κ2) is 7.47. The third kappa shape index (κ3) is 6.11. The van der Waals surface area contributed by atoms with Gasteiger partial charge in [0.2, 0.25) is 0 Å². The highest BCUT2D eigenvalue weighted by atomic mass is 19.4. The molecular weight excluding hydrogens is 287 g/mol. The molecule has 0 atom stereocenters. The lowest BCUT2D eigenvalue weighted by Crippen LogP contribution is -2.28. The van der Waals surface area contributed by atoms with Crippen molar-refractivity contribution in [3.8, 4) is 0 Å². The van der Waals surface area contributed by atoms with E-state index >= 15 is 0 Å². The first kappa shape index (κ1) is 16.7. The minimum atomic E-state index is -4.44. The molecular formula is C14H14F3NO3. The Morgan fingerprint density at radius 2 is 2.05 bits per heavy atom. The fourth-order valence-electron chi connectivity index (χ4n) is 1.42. The van der Waals surface area contributed by atoms with E-state index in [-0.39, 0.29) is 5.56 Å². The van der Waals surface area contributed by atoms with E-state index in [1.165, 1.54) is 18.2 Å². The summed E-state index contributed by atoms with van der Waals surface area (Å²) >= 11 is 0. The highest BCUT2D eigenvalue weighted by molar-refractivity contribution is 5.89. The van der Waals surface area contributed by atoms with Gasteiger partial charge in [0.1, 0.15) is 0 Å². The summed E-state index contributed by atoms with van der Waals surface area (Å²) in [5, 5.41) is 2.43. The number of carbonyl (C=O) groups excluding carboxylic acids is 2. The van der Waals surface area contributed by atoms with Crippen molar-refractivity contribution in [1.82, 2.24) is 5.32 Å². The zero-order valence-corrected chi connectivity index (χ0v) is 11.2. The standard InChI is InChI=1S/C14H14F3NO3/c1-2-18-12(19)9-21-13(20)7-6-10-4-3-5-11(8-10)14(15,16)17/h3-8H,2,9H2,1H3,(H,18,19)/b7-6+. The molecule has 0 aliphatic rings. The molecule has 114 valence electrons. The molecule has 0 aliphatic heterocycles. The number of ether oxygens (including phenoxy) is 1. The number of likely N-dealkylation sites (N-methyl/N-ethyl adjacent to an activating group) is 1. The molecule has 0 aliphatic carbocycles. The number of rotatable bonds is 5. The maximum absolute atomic E-state index is 12.5. The van der Waals surface area contributed by atoms with Crippen molar-refractivity contribution in [2.24, 2.45) is 0 Å². The fourth-order valence-corrected chi connectivity index (χ4v) is 1.42. The van der Waals surface area contributed by atoms with Crippen LogP contribution in [0, 0.1) is 0 Å². The molecule has 0 fully saturated rings. The van der Waals surface area contributed by atoms with Gasteiger partial charge in [0.05, 0.1) is 5.56 Å². The molecule has 1 amide bonds. The molecule has 1 rings (SSSR count). The second-order valence-electron chi connectivity index (χ2n) is 4.02. The van der Waals surface area contributed by atoms with Gasteiger partial charge < -0.3 is 10.1 Å². The van der Waals surface area contributed by atoms with E-state index in [0.717, 1.165) is 18.2 Å². The number of benzene rings is 1. The van der Waals surface area contributed by atoms with Gasteiger partial charge in [0, 0.05) is 12.6 Å². The number of esters is 1. The molecule has 4 nitrogen and oxygen atoms in total. The lowest BCUT2D eigenvalue weighted by Gasteiger charge is -2.06. The van der Waals surface area contributed by atoms with Gasteiger partial charge in [0.25, 0.3) is 5.91 Å². The molecule has 1 N–H and O–H groups in total. The zero-order chi connectivity index (χ0) is 15.9. The van der Waals surface area contributed by atoms with E-state index in [1.54, 1.807) is 6.92 Å². The number of hydrogen-bond donors (Lipinski definition) is 1. The molecule has 7 heteroatoms. The Bertz CT molecular complexity index is 539. The first-order valence-electron chi connectivity index (χ1n) is 6.11. The van der Waals surface area contributed by atoms with Crippen LogP contribution in [0.15, 0.2) is 30.3 Å². The first-order valence-corrected chi connectivity index (χ1v) is 6.11. The maximum Gasteiger partial charge on any atom is 0.416 e. The van der Waals surface area contributed by atoms with Gasteiger partial charge in [0.15, 0.2) is 6.61 Å². The van der Waals surface area contributed by atoms with Crippen LogP contribution >= 0.6 is 0 Å². The predicted octanol–water partition coefficient (Wildman–Crippen LogP) is 2.40. The van der Waals surface area contributed by atoms with Crippen molar-refractivity contribution in [2.75, 3.05) is 13.2 Å². The van der Waals surface area contributed by atoms with E-state index in [9.17, 15) is 22.8 Å². The van der Waals surface area contributed by atoms with Crippen LogP contribution in [0.3, 0.4) is 0 Å². The van der Waals surface area contributed by atoms with Crippen LogP contribution in [-0.4, -0.2) is 25.0 Å². The van der Waals surface area contributed by atoms with Crippen LogP contribution in [0.4, 0.5) is 13.2 Å². The van der Waals surface area contributed by atoms with Gasteiger partial charge in [-0.1, -0.05) is 12.1 Å². The minimum absolute atomic E-state index is 0.208. The molecule has 1 aromatic rings. The van der Waals surface area contributed by atoms with E-state index in [4.69, 9.17) is 0 Å². The third-order valence-electron chi connectivity index (χ3n) is 2.35. The van der Waals surface area contributed by atoms with E-state index in [1.807, 2.05) is 0 Å². The Balaban J connectivity index is 2.60. The smallest absolute Gasteiger partial charge is 0.416 e. The molecule has 0 radical (unpaired) electrons. The summed E-state index contributed by atoms with van der Waals surface area (Å²) in [4.78, 5) is 22.3. The molecule has 0 heterocycles. The average molecular weight is 301 g/mol. The summed E-state index contributed by atoms with van der Waals surface area (Å²) in [5.41, 5.74) is -0.597. The van der Waals surface area contributed by atoms with E-state index in [0.29, 0.717) is 6.54 Å². The molecule has 0 saturated carbocycles. The molecule has 21 heavy (non-hydrogen) atoms. The highest BCUT2D eigenvalue weighted by Crippen LogP contribution is 2.29. The third-order valence-corrected chi connectivity index (χ3v) is 2.35. The van der Waals surface area contributed by atoms with Crippen molar-refractivity contribution < 1.29 is 27.5 Å². The van der Waals surface area contributed by atoms with Crippen LogP contribution in [0.1, 0.15) is 18.1 Å². The van der Waals surface area contributed by atoms with Gasteiger partial charge in [-0.25, -0.2) is 4.79 Å². The van der Waals surface area contributed by atoms with E-state index < -0.39 is 30.2 Å². The largest absolute Gasteiger partial charge is 0.452 e. The molecule has 0 spiro atoms. The number of amides is 1. The van der Waals surface area contributed by atoms with Crippen molar-refractivity contribution in [1.29, 1.82) is 0 Å². The maximum atomic E-state index is 12.5. The molecule has 0 unspecified atom stereocenters. The Hall–Kier alpha value is -2.31. The summed E-state index contributed by atoms with van der Waals surface area (Å²) in [6, 6.07) is 4.50. The lowest BCUT2D eigenvalue weighted by molar-refractivity contribution is -0.143.